The van der Waals surface area contributed by atoms with E-state index < -0.39 is 0 Å². The number of nitrogens with one attached hydrogen (secondary N) is 1. The van der Waals surface area contributed by atoms with Gasteiger partial charge < -0.3 is 10.1 Å². The summed E-state index contributed by atoms with van der Waals surface area (Å²) in [5.74, 6) is 1.58. The van der Waals surface area contributed by atoms with E-state index >= 15 is 0 Å². The van der Waals surface area contributed by atoms with Gasteiger partial charge in [-0.3, -0.25) is 9.69 Å². The van der Waals surface area contributed by atoms with E-state index in [4.69, 9.17) is 4.74 Å². The molecule has 1 aromatic rings. The fourth-order valence-electron chi connectivity index (χ4n) is 2.65. The lowest BCUT2D eigenvalue weighted by molar-refractivity contribution is -0.127. The average molecular weight is 336 g/mol. The van der Waals surface area contributed by atoms with Crippen molar-refractivity contribution in [3.05, 3.63) is 29.3 Å². The van der Waals surface area contributed by atoms with E-state index in [1.165, 1.54) is 4.90 Å². The number of rotatable bonds is 8. The Morgan fingerprint density at radius 1 is 1.22 bits per heavy atom. The molecule has 0 aliphatic carbocycles. The van der Waals surface area contributed by atoms with E-state index in [-0.39, 0.29) is 18.0 Å². The molecule has 1 heterocycles. The van der Waals surface area contributed by atoms with Crippen LogP contribution in [-0.4, -0.2) is 48.0 Å². The molecule has 0 saturated carbocycles. The van der Waals surface area contributed by atoms with Gasteiger partial charge in [-0.25, -0.2) is 4.79 Å². The normalized spacial score (nSPS) is 17.5. The van der Waals surface area contributed by atoms with E-state index in [0.29, 0.717) is 26.0 Å². The van der Waals surface area contributed by atoms with Crippen LogP contribution >= 0.6 is 11.8 Å². The second kappa shape index (κ2) is 8.24. The summed E-state index contributed by atoms with van der Waals surface area (Å²) in [5, 5.41) is 2.75. The van der Waals surface area contributed by atoms with E-state index in [1.54, 1.807) is 11.8 Å². The molecule has 1 atom stereocenters. The second-order valence-electron chi connectivity index (χ2n) is 5.80. The van der Waals surface area contributed by atoms with Crippen molar-refractivity contribution in [3.8, 4) is 5.75 Å². The number of aryl methyl sites for hydroxylation is 2. The molecule has 6 heteroatoms. The third-order valence-corrected chi connectivity index (χ3v) is 4.35. The first-order valence-corrected chi connectivity index (χ1v) is 9.22. The van der Waals surface area contributed by atoms with E-state index in [2.05, 4.69) is 11.4 Å². The number of hydrogen-bond acceptors (Lipinski definition) is 4. The first-order chi connectivity index (χ1) is 11.0. The molecule has 0 aromatic heterocycles. The van der Waals surface area contributed by atoms with Crippen molar-refractivity contribution < 1.29 is 14.3 Å². The van der Waals surface area contributed by atoms with Gasteiger partial charge in [0.2, 0.25) is 0 Å². The Morgan fingerprint density at radius 3 is 2.57 bits per heavy atom. The van der Waals surface area contributed by atoms with Crippen LogP contribution in [0, 0.1) is 13.8 Å². The molecule has 1 fully saturated rings. The number of thioether (sulfide) groups is 1. The second-order valence-corrected chi connectivity index (χ2v) is 6.78. The Morgan fingerprint density at radius 2 is 1.91 bits per heavy atom. The van der Waals surface area contributed by atoms with Gasteiger partial charge in [0.1, 0.15) is 11.8 Å². The van der Waals surface area contributed by atoms with Gasteiger partial charge in [0.25, 0.3) is 5.91 Å². The van der Waals surface area contributed by atoms with Crippen molar-refractivity contribution in [2.75, 3.05) is 25.2 Å². The Bertz CT molecular complexity index is 557. The minimum atomic E-state index is -0.365. The quantitative estimate of drug-likeness (QED) is 0.586. The van der Waals surface area contributed by atoms with E-state index in [1.807, 2.05) is 32.2 Å². The van der Waals surface area contributed by atoms with Crippen molar-refractivity contribution in [2.24, 2.45) is 0 Å². The molecule has 1 aromatic carbocycles. The van der Waals surface area contributed by atoms with Crippen molar-refractivity contribution >= 4 is 23.7 Å². The molecule has 1 aliphatic rings. The van der Waals surface area contributed by atoms with Crippen LogP contribution in [0.4, 0.5) is 4.79 Å². The Hall–Kier alpha value is -1.69. The maximum atomic E-state index is 12.2. The van der Waals surface area contributed by atoms with Gasteiger partial charge in [-0.1, -0.05) is 6.07 Å². The monoisotopic (exact) mass is 336 g/mol. The zero-order chi connectivity index (χ0) is 16.8. The highest BCUT2D eigenvalue weighted by molar-refractivity contribution is 7.98. The molecule has 1 saturated heterocycles. The molecule has 126 valence electrons. The van der Waals surface area contributed by atoms with Crippen LogP contribution in [0.25, 0.3) is 0 Å². The first-order valence-electron chi connectivity index (χ1n) is 7.83. The number of benzene rings is 1. The standard InChI is InChI=1S/C17H24N2O3S/c1-12-9-13(2)11-14(10-12)22-7-4-6-19-16(20)15(5-8-23-3)18-17(19)21/h9-11,15H,4-8H2,1-3H3,(H,18,21). The SMILES string of the molecule is CSCCC1NC(=O)N(CCCOc2cc(C)cc(C)c2)C1=O. The number of carbonyl (C=O) groups is 2. The molecule has 2 rings (SSSR count). The molecule has 3 amide bonds. The Balaban J connectivity index is 1.77. The van der Waals surface area contributed by atoms with Crippen molar-refractivity contribution in [2.45, 2.75) is 32.7 Å². The largest absolute Gasteiger partial charge is 0.494 e. The van der Waals surface area contributed by atoms with Crippen LogP contribution in [-0.2, 0) is 4.79 Å². The van der Waals surface area contributed by atoms with Gasteiger partial charge in [0.15, 0.2) is 0 Å². The van der Waals surface area contributed by atoms with E-state index in [9.17, 15) is 9.59 Å². The highest BCUT2D eigenvalue weighted by atomic mass is 32.2. The molecule has 0 bridgehead atoms. The van der Waals surface area contributed by atoms with Gasteiger partial charge in [-0.05, 0) is 62.0 Å². The Labute approximate surface area is 141 Å². The molecular formula is C17H24N2O3S. The molecule has 0 spiro atoms. The number of nitrogens with zero attached hydrogens (tertiary/aromatic N) is 1. The topological polar surface area (TPSA) is 58.6 Å². The molecule has 5 nitrogen and oxygen atoms in total. The van der Waals surface area contributed by atoms with Crippen molar-refractivity contribution in [3.63, 3.8) is 0 Å². The van der Waals surface area contributed by atoms with Crippen LogP contribution in [0.2, 0.25) is 0 Å². The molecule has 1 aliphatic heterocycles. The molecule has 1 unspecified atom stereocenters. The fraction of sp³-hybridized carbons (Fsp3) is 0.529. The smallest absolute Gasteiger partial charge is 0.324 e. The van der Waals surface area contributed by atoms with Crippen LogP contribution in [0.5, 0.6) is 5.75 Å². The Kier molecular flexibility index (Phi) is 6.33. The molecular weight excluding hydrogens is 312 g/mol. The first kappa shape index (κ1) is 17.7. The number of amides is 3. The highest BCUT2D eigenvalue weighted by Crippen LogP contribution is 2.17. The van der Waals surface area contributed by atoms with Gasteiger partial charge in [0.05, 0.1) is 6.61 Å². The highest BCUT2D eigenvalue weighted by Gasteiger charge is 2.36. The third-order valence-electron chi connectivity index (χ3n) is 3.71. The number of carbonyl (C=O) groups excluding carboxylic acids is 2. The van der Waals surface area contributed by atoms with Gasteiger partial charge in [-0.15, -0.1) is 0 Å². The lowest BCUT2D eigenvalue weighted by Crippen LogP contribution is -2.33. The predicted molar refractivity (Wildman–Crippen MR) is 93.1 cm³/mol. The summed E-state index contributed by atoms with van der Waals surface area (Å²) in [4.78, 5) is 25.3. The third kappa shape index (κ3) is 4.89. The summed E-state index contributed by atoms with van der Waals surface area (Å²) in [6.45, 7) is 4.93. The molecule has 23 heavy (non-hydrogen) atoms. The lowest BCUT2D eigenvalue weighted by atomic mass is 10.1. The van der Waals surface area contributed by atoms with Gasteiger partial charge in [0, 0.05) is 6.54 Å². The zero-order valence-corrected chi connectivity index (χ0v) is 14.7. The average Bonchev–Trinajstić information content (AvgIpc) is 2.75. The van der Waals surface area contributed by atoms with Crippen LogP contribution in [0.15, 0.2) is 18.2 Å². The maximum absolute atomic E-state index is 12.2. The zero-order valence-electron chi connectivity index (χ0n) is 13.9. The van der Waals surface area contributed by atoms with Crippen LogP contribution in [0.3, 0.4) is 0 Å². The maximum Gasteiger partial charge on any atom is 0.324 e. The number of ether oxygens (including phenoxy) is 1. The summed E-state index contributed by atoms with van der Waals surface area (Å²) in [6.07, 6.45) is 3.30. The minimum absolute atomic E-state index is 0.115. The summed E-state index contributed by atoms with van der Waals surface area (Å²) in [5.41, 5.74) is 2.32. The number of hydrogen-bond donors (Lipinski definition) is 1. The van der Waals surface area contributed by atoms with Crippen LogP contribution < -0.4 is 10.1 Å². The van der Waals surface area contributed by atoms with Crippen molar-refractivity contribution in [1.82, 2.24) is 10.2 Å². The van der Waals surface area contributed by atoms with Crippen molar-refractivity contribution in [1.29, 1.82) is 0 Å². The fourth-order valence-corrected chi connectivity index (χ4v) is 3.12. The molecule has 1 N–H and O–H groups in total. The lowest BCUT2D eigenvalue weighted by Gasteiger charge is -2.13. The number of imide groups is 1. The van der Waals surface area contributed by atoms with Gasteiger partial charge >= 0.3 is 6.03 Å². The minimum Gasteiger partial charge on any atom is -0.494 e. The summed E-state index contributed by atoms with van der Waals surface area (Å²) in [7, 11) is 0. The summed E-state index contributed by atoms with van der Waals surface area (Å²) >= 11 is 1.67. The summed E-state index contributed by atoms with van der Waals surface area (Å²) < 4.78 is 5.72. The number of urea groups is 1. The molecule has 0 radical (unpaired) electrons. The van der Waals surface area contributed by atoms with E-state index in [0.717, 1.165) is 22.6 Å². The predicted octanol–water partition coefficient (Wildman–Crippen LogP) is 2.75. The van der Waals surface area contributed by atoms with Gasteiger partial charge in [-0.2, -0.15) is 11.8 Å². The summed E-state index contributed by atoms with van der Waals surface area (Å²) in [6, 6.07) is 5.41. The van der Waals surface area contributed by atoms with Crippen LogP contribution in [0.1, 0.15) is 24.0 Å².